The largest absolute Gasteiger partial charge is 0.508 e. The summed E-state index contributed by atoms with van der Waals surface area (Å²) in [6.45, 7) is 6.21. The van der Waals surface area contributed by atoms with E-state index in [1.165, 1.54) is 52.3 Å². The lowest BCUT2D eigenvalue weighted by Gasteiger charge is -2.36. The number of aromatic hydroxyl groups is 1. The van der Waals surface area contributed by atoms with E-state index in [0.29, 0.717) is 69.5 Å². The number of likely N-dealkylation sites (N-methyl/N-ethyl adjacent to an activating group) is 3. The van der Waals surface area contributed by atoms with Crippen LogP contribution in [0.3, 0.4) is 0 Å². The molecule has 5 heterocycles. The molecule has 42 nitrogen and oxygen atoms in total. The molecule has 17 amide bonds. The molecule has 23 N–H and O–H groups in total. The highest BCUT2D eigenvalue weighted by atomic mass is 32.2. The van der Waals surface area contributed by atoms with E-state index in [-0.39, 0.29) is 95.4 Å². The van der Waals surface area contributed by atoms with E-state index >= 15 is 33.6 Å². The number of aliphatic hydroxyl groups is 1. The molecule has 3 aliphatic rings. The molecule has 0 aliphatic carbocycles. The number of aliphatic hydroxyl groups excluding tert-OH is 1. The van der Waals surface area contributed by atoms with Gasteiger partial charge in [0.25, 0.3) is 0 Å². The molecular formula is C88H125N21O21S. The number of carbonyl (C=O) groups is 18. The highest BCUT2D eigenvalue weighted by molar-refractivity contribution is 8.00. The molecule has 0 spiro atoms. The van der Waals surface area contributed by atoms with Crippen LogP contribution in [-0.4, -0.2) is 312 Å². The molecule has 2 aromatic heterocycles. The second-order valence-corrected chi connectivity index (χ2v) is 34.8. The van der Waals surface area contributed by atoms with Gasteiger partial charge in [-0.25, -0.2) is 0 Å². The van der Waals surface area contributed by atoms with Gasteiger partial charge in [-0.05, 0) is 105 Å². The highest BCUT2D eigenvalue weighted by Gasteiger charge is 2.47. The fourth-order valence-electron chi connectivity index (χ4n) is 16.2. The number of aliphatic carboxylic acids is 1. The molecule has 131 heavy (non-hydrogen) atoms. The number of unbranched alkanes of at least 4 members (excludes halogenated alkanes) is 2. The molecule has 0 bridgehead atoms. The summed E-state index contributed by atoms with van der Waals surface area (Å²) in [6.07, 6.45) is -0.184. The molecule has 15 atom stereocenters. The number of carboxylic acid groups (broad SMARTS) is 1. The first-order valence-corrected chi connectivity index (χ1v) is 45.2. The third kappa shape index (κ3) is 28.9. The average molecular weight is 1850 g/mol. The first kappa shape index (κ1) is 104. The number of aromatic amines is 2. The van der Waals surface area contributed by atoms with Crippen molar-refractivity contribution in [2.24, 2.45) is 28.9 Å². The van der Waals surface area contributed by atoms with Gasteiger partial charge in [-0.15, -0.1) is 11.8 Å². The smallest absolute Gasteiger partial charge is 0.303 e. The number of para-hydroxylation sites is 2. The Bertz CT molecular complexity index is 4930. The van der Waals surface area contributed by atoms with Crippen molar-refractivity contribution in [3.05, 3.63) is 102 Å². The molecule has 43 heteroatoms. The number of thioether (sulfide) groups is 1. The molecule has 3 aliphatic heterocycles. The van der Waals surface area contributed by atoms with Crippen molar-refractivity contribution in [3.63, 3.8) is 0 Å². The van der Waals surface area contributed by atoms with E-state index in [1.807, 2.05) is 6.92 Å². The van der Waals surface area contributed by atoms with Crippen molar-refractivity contribution in [1.82, 2.24) is 87.6 Å². The lowest BCUT2D eigenvalue weighted by molar-refractivity contribution is -0.149. The summed E-state index contributed by atoms with van der Waals surface area (Å²) in [5, 5.41) is 58.9. The number of phenolic OH excluding ortho intramolecular Hbond substituents is 1. The van der Waals surface area contributed by atoms with E-state index in [1.54, 1.807) is 81.7 Å². The number of nitrogens with two attached hydrogens (primary N) is 4. The van der Waals surface area contributed by atoms with Crippen LogP contribution in [0, 0.1) is 5.92 Å². The van der Waals surface area contributed by atoms with Crippen LogP contribution in [0.1, 0.15) is 141 Å². The summed E-state index contributed by atoms with van der Waals surface area (Å²) in [7, 11) is 3.85. The number of phenols is 1. The van der Waals surface area contributed by atoms with Gasteiger partial charge in [0.1, 0.15) is 90.3 Å². The van der Waals surface area contributed by atoms with Gasteiger partial charge in [-0.1, -0.05) is 102 Å². The average Bonchev–Trinajstić information content (AvgIpc) is 1.50. The summed E-state index contributed by atoms with van der Waals surface area (Å²) in [5.74, 6) is -19.3. The Hall–Kier alpha value is -12.8. The Morgan fingerprint density at radius 2 is 1.05 bits per heavy atom. The molecule has 3 saturated heterocycles. The summed E-state index contributed by atoms with van der Waals surface area (Å²) in [6, 6.07) is -2.19. The minimum atomic E-state index is -1.78. The summed E-state index contributed by atoms with van der Waals surface area (Å²) in [4.78, 5) is 272. The van der Waals surface area contributed by atoms with Crippen molar-refractivity contribution < 1.29 is 102 Å². The molecular weight excluding hydrogens is 1720 g/mol. The Labute approximate surface area is 761 Å². The third-order valence-electron chi connectivity index (χ3n) is 23.5. The summed E-state index contributed by atoms with van der Waals surface area (Å²) < 4.78 is 0. The van der Waals surface area contributed by atoms with Crippen LogP contribution in [0.5, 0.6) is 5.75 Å². The second-order valence-electron chi connectivity index (χ2n) is 33.8. The summed E-state index contributed by atoms with van der Waals surface area (Å²) in [5.41, 5.74) is 26.2. The van der Waals surface area contributed by atoms with Crippen LogP contribution >= 0.6 is 11.8 Å². The Balaban J connectivity index is 1.19. The third-order valence-corrected chi connectivity index (χ3v) is 24.5. The molecule has 714 valence electrons. The number of rotatable bonds is 25. The number of hydrogen-bond acceptors (Lipinski definition) is 23. The monoisotopic (exact) mass is 1840 g/mol. The Morgan fingerprint density at radius 3 is 1.64 bits per heavy atom. The van der Waals surface area contributed by atoms with Crippen LogP contribution in [0.2, 0.25) is 0 Å². The number of primary amides is 2. The number of amides is 17. The Kier molecular flexibility index (Phi) is 39.0. The molecule has 3 fully saturated rings. The van der Waals surface area contributed by atoms with Gasteiger partial charge in [0.15, 0.2) is 0 Å². The molecule has 8 rings (SSSR count). The predicted molar refractivity (Wildman–Crippen MR) is 481 cm³/mol. The number of nitrogens with one attached hydrogen (secondary N) is 12. The predicted octanol–water partition coefficient (Wildman–Crippen LogP) is -2.98. The first-order chi connectivity index (χ1) is 62.3. The van der Waals surface area contributed by atoms with E-state index in [9.17, 15) is 68.1 Å². The van der Waals surface area contributed by atoms with E-state index in [0.717, 1.165) is 24.5 Å². The van der Waals surface area contributed by atoms with Crippen molar-refractivity contribution in [2.75, 3.05) is 65.4 Å². The van der Waals surface area contributed by atoms with Gasteiger partial charge < -0.3 is 126 Å². The van der Waals surface area contributed by atoms with Crippen LogP contribution in [-0.2, 0) is 106 Å². The molecule has 5 aromatic rings. The van der Waals surface area contributed by atoms with Gasteiger partial charge in [-0.2, -0.15) is 0 Å². The maximum atomic E-state index is 15.8. The second kappa shape index (κ2) is 49.3. The topological polar surface area (TPSA) is 640 Å². The number of aromatic nitrogens is 2. The molecule has 3 aromatic carbocycles. The highest BCUT2D eigenvalue weighted by Crippen LogP contribution is 2.28. The first-order valence-electron chi connectivity index (χ1n) is 44.0. The SMILES string of the molecule is CCCC[C@H]1C(=O)N(C)[C@@H](CCCC)C(=O)N[C@@H](CCC(=O)O)C(=O)N[C@H](C(=O)NCC(N)=O)CSCC(=O)N[C@@H](Cc2ccc(O)cc2)C(=O)N(C)[C@@H](C)C(=O)N[C@@H](CC(N)=O)C(=O)N2CCC[C@H]2C(=O)N[C@@H](CN)C(=O)N[C@@H](CC(C)C)C(=O)N2C[C@H](O)C[C@H]2C(=O)N[C@@H](Cc2c[nH]c3ccccc23)C(=O)N[C@@H](CCN)C(=O)N[C@@H](Cc2c[nH]c3ccccc23)C(=O)N1C. The van der Waals surface area contributed by atoms with Crippen LogP contribution in [0.4, 0.5) is 0 Å². The number of fused-ring (bicyclic) bond motifs is 4. The fraction of sp³-hybridized carbons (Fsp3) is 0.545. The minimum Gasteiger partial charge on any atom is -0.508 e. The minimum absolute atomic E-state index is 0.0196. The normalized spacial score (nSPS) is 25.2. The van der Waals surface area contributed by atoms with Gasteiger partial charge in [-0.3, -0.25) is 86.3 Å². The Morgan fingerprint density at radius 1 is 0.534 bits per heavy atom. The van der Waals surface area contributed by atoms with Gasteiger partial charge in [0.05, 0.1) is 24.8 Å². The lowest BCUT2D eigenvalue weighted by Crippen LogP contribution is -2.62. The molecule has 0 saturated carbocycles. The van der Waals surface area contributed by atoms with E-state index < -0.39 is 247 Å². The standard InChI is InChI=1S/C88H125N21O21S/c1-9-11-22-67-81(123)98-58(29-30-74(115)116)77(119)104-66(76(118)95-43-72(92)113)45-131-46-73(114)96-62(35-49-25-27-52(110)28-26-49)84(126)105(6)48(5)75(117)100-64(39-71(91)112)86(128)108-33-17-24-68(108)82(124)103-65(40-90)80(122)101-61(34-47(3)4)87(129)109-44-53(111)38-70(109)83(125)99-60(36-50-41-93-56-20-15-13-18-54(50)56)79(121)97-59(31-32-89)78(120)102-63(37-51-42-94-57-21-16-14-19-55(51)57)85(127)107(8)69(23-12-10-2)88(130)106(67)7/h13-16,18-21,25-28,41-42,47-48,53,58-70,93-94,110-111H,9-12,17,22-24,29-40,43-46,89-90H2,1-8H3,(H2,91,112)(H2,92,113)(H,95,118)(H,96,114)(H,97,121)(H,98,123)(H,99,125)(H,100,117)(H,101,122)(H,102,120)(H,103,124)(H,104,119)(H,115,116)/t48-,53+,58-,59-,60-,61-,62-,63-,64-,65-,66-,67-,68-,69-,70-/m0/s1. The fourth-order valence-corrected chi connectivity index (χ4v) is 17.0. The molecule has 0 radical (unpaired) electrons. The zero-order valence-electron chi connectivity index (χ0n) is 74.9. The maximum Gasteiger partial charge on any atom is 0.303 e. The van der Waals surface area contributed by atoms with Crippen molar-refractivity contribution in [1.29, 1.82) is 0 Å². The van der Waals surface area contributed by atoms with Crippen molar-refractivity contribution in [2.45, 2.75) is 234 Å². The lowest BCUT2D eigenvalue weighted by atomic mass is 9.99. The number of H-pyrrole nitrogens is 2. The summed E-state index contributed by atoms with van der Waals surface area (Å²) >= 11 is 0.712. The maximum absolute atomic E-state index is 15.8. The van der Waals surface area contributed by atoms with Gasteiger partial charge in [0, 0.05) is 113 Å². The quantitative estimate of drug-likeness (QED) is 0.0277. The number of carbonyl (C=O) groups excluding carboxylic acids is 17. The number of nitrogens with zero attached hydrogens (tertiary/aromatic N) is 5. The van der Waals surface area contributed by atoms with Crippen LogP contribution in [0.25, 0.3) is 21.8 Å². The van der Waals surface area contributed by atoms with E-state index in [4.69, 9.17) is 22.9 Å². The van der Waals surface area contributed by atoms with Crippen molar-refractivity contribution >= 4 is 140 Å². The zero-order valence-corrected chi connectivity index (χ0v) is 75.8. The van der Waals surface area contributed by atoms with E-state index in [2.05, 4.69) is 63.1 Å². The number of hydrogen-bond donors (Lipinski definition) is 19. The van der Waals surface area contributed by atoms with Crippen molar-refractivity contribution in [3.8, 4) is 5.75 Å². The zero-order chi connectivity index (χ0) is 96.2. The van der Waals surface area contributed by atoms with Gasteiger partial charge in [0.2, 0.25) is 100 Å². The number of benzene rings is 3. The number of carboxylic acids is 1. The van der Waals surface area contributed by atoms with Crippen LogP contribution < -0.4 is 76.1 Å². The molecule has 0 unspecified atom stereocenters. The van der Waals surface area contributed by atoms with Gasteiger partial charge >= 0.3 is 5.97 Å². The van der Waals surface area contributed by atoms with Crippen LogP contribution in [0.15, 0.2) is 85.2 Å².